The van der Waals surface area contributed by atoms with E-state index in [0.29, 0.717) is 0 Å². The van der Waals surface area contributed by atoms with E-state index in [1.807, 2.05) is 0 Å². The molecule has 7 heteroatoms. The lowest BCUT2D eigenvalue weighted by molar-refractivity contribution is 0.605. The highest BCUT2D eigenvalue weighted by Gasteiger charge is 2.13. The predicted octanol–water partition coefficient (Wildman–Crippen LogP) is -0.257. The molecule has 1 aromatic heterocycles. The summed E-state index contributed by atoms with van der Waals surface area (Å²) in [5, 5.41) is 6.44. The molecule has 0 atom stereocenters. The van der Waals surface area contributed by atoms with Crippen molar-refractivity contribution in [3.8, 4) is 0 Å². The second kappa shape index (κ2) is 2.21. The molecule has 0 saturated heterocycles. The lowest BCUT2D eigenvalue weighted by Gasteiger charge is -1.81. The second-order valence-corrected chi connectivity index (χ2v) is 4.18. The summed E-state index contributed by atoms with van der Waals surface area (Å²) in [5.41, 5.74) is 0. The minimum Gasteiger partial charge on any atom is -0.254 e. The van der Waals surface area contributed by atoms with Gasteiger partial charge in [-0.2, -0.15) is 0 Å². The molecule has 0 amide bonds. The Morgan fingerprint density at radius 1 is 1.70 bits per heavy atom. The number of aryl methyl sites for hydroxylation is 1. The van der Waals surface area contributed by atoms with Crippen molar-refractivity contribution in [1.82, 2.24) is 15.0 Å². The summed E-state index contributed by atoms with van der Waals surface area (Å²) in [6.45, 7) is 0. The largest absolute Gasteiger partial charge is 0.282 e. The highest BCUT2D eigenvalue weighted by Crippen LogP contribution is 2.08. The van der Waals surface area contributed by atoms with Crippen molar-refractivity contribution in [3.05, 3.63) is 6.20 Å². The third-order valence-electron chi connectivity index (χ3n) is 0.831. The molecule has 10 heavy (non-hydrogen) atoms. The zero-order chi connectivity index (χ0) is 7.78. The average Bonchev–Trinajstić information content (AvgIpc) is 2.11. The van der Waals surface area contributed by atoms with Crippen LogP contribution in [0.15, 0.2) is 11.2 Å². The molecule has 0 unspecified atom stereocenters. The van der Waals surface area contributed by atoms with Crippen molar-refractivity contribution in [2.75, 3.05) is 0 Å². The number of aromatic nitrogens is 3. The first-order chi connectivity index (χ1) is 4.50. The van der Waals surface area contributed by atoms with Gasteiger partial charge in [0, 0.05) is 17.7 Å². The summed E-state index contributed by atoms with van der Waals surface area (Å²) >= 11 is 0. The van der Waals surface area contributed by atoms with Crippen molar-refractivity contribution in [2.45, 2.75) is 5.03 Å². The fraction of sp³-hybridized carbons (Fsp3) is 0.333. The summed E-state index contributed by atoms with van der Waals surface area (Å²) in [6.07, 6.45) is 1.22. The molecule has 1 aromatic rings. The highest BCUT2D eigenvalue weighted by atomic mass is 35.7. The first-order valence-electron chi connectivity index (χ1n) is 2.31. The maximum absolute atomic E-state index is 10.5. The van der Waals surface area contributed by atoms with E-state index in [-0.39, 0.29) is 5.03 Å². The van der Waals surface area contributed by atoms with Crippen LogP contribution in [0.4, 0.5) is 0 Å². The van der Waals surface area contributed by atoms with Crippen molar-refractivity contribution in [1.29, 1.82) is 0 Å². The van der Waals surface area contributed by atoms with Gasteiger partial charge in [-0.25, -0.2) is 8.42 Å². The Kier molecular flexibility index (Phi) is 1.65. The third-order valence-corrected chi connectivity index (χ3v) is 1.99. The Bertz CT molecular complexity index is 329. The average molecular weight is 182 g/mol. The summed E-state index contributed by atoms with van der Waals surface area (Å²) in [6, 6.07) is 0. The number of hydrogen-bond acceptors (Lipinski definition) is 4. The number of hydrogen-bond donors (Lipinski definition) is 0. The molecule has 0 N–H and O–H groups in total. The zero-order valence-electron chi connectivity index (χ0n) is 5.02. The topological polar surface area (TPSA) is 64.8 Å². The molecule has 0 saturated carbocycles. The van der Waals surface area contributed by atoms with Crippen LogP contribution in [0.25, 0.3) is 0 Å². The SMILES string of the molecule is Cn1cc(S(=O)(=O)Cl)nn1. The van der Waals surface area contributed by atoms with Crippen molar-refractivity contribution in [3.63, 3.8) is 0 Å². The van der Waals surface area contributed by atoms with Crippen LogP contribution < -0.4 is 0 Å². The van der Waals surface area contributed by atoms with Gasteiger partial charge in [-0.1, -0.05) is 5.21 Å². The third kappa shape index (κ3) is 1.45. The molecule has 0 aliphatic rings. The Labute approximate surface area is 62.0 Å². The van der Waals surface area contributed by atoms with Crippen LogP contribution in [0.1, 0.15) is 0 Å². The van der Waals surface area contributed by atoms with E-state index in [4.69, 9.17) is 10.7 Å². The molecule has 56 valence electrons. The van der Waals surface area contributed by atoms with Crippen molar-refractivity contribution >= 4 is 19.7 Å². The maximum atomic E-state index is 10.5. The van der Waals surface area contributed by atoms with Crippen LogP contribution in [0.5, 0.6) is 0 Å². The standard InChI is InChI=1S/C3H4ClN3O2S/c1-7-2-3(5-6-7)10(4,8)9/h2H,1H3. The molecule has 0 spiro atoms. The van der Waals surface area contributed by atoms with Crippen LogP contribution in [-0.4, -0.2) is 23.4 Å². The van der Waals surface area contributed by atoms with E-state index in [9.17, 15) is 8.42 Å². The van der Waals surface area contributed by atoms with E-state index in [0.717, 1.165) is 0 Å². The van der Waals surface area contributed by atoms with Gasteiger partial charge in [-0.05, 0) is 0 Å². The molecule has 0 fully saturated rings. The molecular weight excluding hydrogens is 178 g/mol. The molecule has 0 radical (unpaired) electrons. The van der Waals surface area contributed by atoms with Crippen molar-refractivity contribution < 1.29 is 8.42 Å². The molecule has 5 nitrogen and oxygen atoms in total. The van der Waals surface area contributed by atoms with Gasteiger partial charge >= 0.3 is 0 Å². The molecule has 1 heterocycles. The van der Waals surface area contributed by atoms with Gasteiger partial charge in [0.1, 0.15) is 0 Å². The molecule has 0 aromatic carbocycles. The summed E-state index contributed by atoms with van der Waals surface area (Å²) in [7, 11) is 2.78. The fourth-order valence-corrected chi connectivity index (χ4v) is 1.06. The van der Waals surface area contributed by atoms with Gasteiger partial charge in [0.25, 0.3) is 9.05 Å². The highest BCUT2D eigenvalue weighted by molar-refractivity contribution is 8.13. The van der Waals surface area contributed by atoms with E-state index >= 15 is 0 Å². The molecule has 0 aliphatic carbocycles. The lowest BCUT2D eigenvalue weighted by Crippen LogP contribution is -1.89. The van der Waals surface area contributed by atoms with Crippen molar-refractivity contribution in [2.24, 2.45) is 7.05 Å². The van der Waals surface area contributed by atoms with Crippen LogP contribution in [0.3, 0.4) is 0 Å². The van der Waals surface area contributed by atoms with Gasteiger partial charge in [-0.3, -0.25) is 4.68 Å². The Hall–Kier alpha value is -0.620. The van der Waals surface area contributed by atoms with E-state index in [2.05, 4.69) is 10.3 Å². The summed E-state index contributed by atoms with van der Waals surface area (Å²) in [5.74, 6) is 0. The maximum Gasteiger partial charge on any atom is 0.282 e. The quantitative estimate of drug-likeness (QED) is 0.560. The second-order valence-electron chi connectivity index (χ2n) is 1.67. The number of nitrogens with zero attached hydrogens (tertiary/aromatic N) is 3. The minimum atomic E-state index is -3.70. The lowest BCUT2D eigenvalue weighted by atomic mass is 10.9. The van der Waals surface area contributed by atoms with Crippen LogP contribution in [-0.2, 0) is 16.1 Å². The van der Waals surface area contributed by atoms with E-state index in [1.54, 1.807) is 7.05 Å². The number of halogens is 1. The van der Waals surface area contributed by atoms with Crippen LogP contribution >= 0.6 is 10.7 Å². The zero-order valence-corrected chi connectivity index (χ0v) is 6.59. The molecule has 0 bridgehead atoms. The monoisotopic (exact) mass is 181 g/mol. The van der Waals surface area contributed by atoms with Crippen LogP contribution in [0, 0.1) is 0 Å². The van der Waals surface area contributed by atoms with Gasteiger partial charge < -0.3 is 0 Å². The Morgan fingerprint density at radius 3 is 2.50 bits per heavy atom. The fourth-order valence-electron chi connectivity index (χ4n) is 0.438. The normalized spacial score (nSPS) is 11.8. The Balaban J connectivity index is 3.21. The van der Waals surface area contributed by atoms with E-state index < -0.39 is 9.05 Å². The van der Waals surface area contributed by atoms with Crippen LogP contribution in [0.2, 0.25) is 0 Å². The summed E-state index contributed by atoms with van der Waals surface area (Å²) < 4.78 is 22.3. The number of rotatable bonds is 1. The first kappa shape index (κ1) is 7.49. The minimum absolute atomic E-state index is 0.225. The van der Waals surface area contributed by atoms with Gasteiger partial charge in [0.2, 0.25) is 5.03 Å². The predicted molar refractivity (Wildman–Crippen MR) is 34.0 cm³/mol. The van der Waals surface area contributed by atoms with Gasteiger partial charge in [0.05, 0.1) is 6.20 Å². The molecular formula is C3H4ClN3O2S. The first-order valence-corrected chi connectivity index (χ1v) is 4.62. The molecule has 0 aliphatic heterocycles. The van der Waals surface area contributed by atoms with Gasteiger partial charge in [0.15, 0.2) is 0 Å². The summed E-state index contributed by atoms with van der Waals surface area (Å²) in [4.78, 5) is 0. The molecule has 1 rings (SSSR count). The smallest absolute Gasteiger partial charge is 0.254 e. The van der Waals surface area contributed by atoms with Gasteiger partial charge in [-0.15, -0.1) is 5.10 Å². The Morgan fingerprint density at radius 2 is 2.30 bits per heavy atom. The van der Waals surface area contributed by atoms with E-state index in [1.165, 1.54) is 10.9 Å².